The molecule has 0 aromatic heterocycles. The molecule has 1 saturated carbocycles. The van der Waals surface area contributed by atoms with Gasteiger partial charge < -0.3 is 14.7 Å². The molecule has 4 nitrogen and oxygen atoms in total. The highest BCUT2D eigenvalue weighted by molar-refractivity contribution is 5.49. The van der Waals surface area contributed by atoms with E-state index in [9.17, 15) is 5.11 Å². The van der Waals surface area contributed by atoms with E-state index in [1.54, 1.807) is 7.11 Å². The minimum atomic E-state index is -0.109. The van der Waals surface area contributed by atoms with Gasteiger partial charge in [0.2, 0.25) is 0 Å². The fourth-order valence-electron chi connectivity index (χ4n) is 3.45. The Labute approximate surface area is 120 Å². The number of ether oxygens (including phenoxy) is 1. The van der Waals surface area contributed by atoms with E-state index < -0.39 is 0 Å². The summed E-state index contributed by atoms with van der Waals surface area (Å²) in [6.45, 7) is 4.17. The lowest BCUT2D eigenvalue weighted by atomic mass is 10.1. The molecular weight excluding hydrogens is 252 g/mol. The van der Waals surface area contributed by atoms with Gasteiger partial charge in [0.25, 0.3) is 0 Å². The number of rotatable bonds is 3. The second kappa shape index (κ2) is 6.02. The normalized spacial score (nSPS) is 27.8. The van der Waals surface area contributed by atoms with E-state index in [0.29, 0.717) is 6.04 Å². The SMILES string of the molecule is COc1ccc(N2CCN([C@H]3CCC[C@@H]3O)CC2)cc1. The Bertz CT molecular complexity index is 427. The Morgan fingerprint density at radius 2 is 1.75 bits per heavy atom. The van der Waals surface area contributed by atoms with Crippen LogP contribution in [0.15, 0.2) is 24.3 Å². The Hall–Kier alpha value is -1.26. The number of nitrogens with zero attached hydrogens (tertiary/aromatic N) is 2. The second-order valence-corrected chi connectivity index (χ2v) is 5.79. The van der Waals surface area contributed by atoms with Crippen molar-refractivity contribution < 1.29 is 9.84 Å². The molecule has 2 atom stereocenters. The number of piperazine rings is 1. The van der Waals surface area contributed by atoms with Gasteiger partial charge in [-0.15, -0.1) is 0 Å². The summed E-state index contributed by atoms with van der Waals surface area (Å²) >= 11 is 0. The standard InChI is InChI=1S/C16H24N2O2/c1-20-14-7-5-13(6-8-14)17-9-11-18(12-10-17)15-3-2-4-16(15)19/h5-8,15-16,19H,2-4,9-12H2,1H3/t15-,16-/m0/s1. The molecule has 0 unspecified atom stereocenters. The lowest BCUT2D eigenvalue weighted by Gasteiger charge is -2.40. The number of hydrogen-bond donors (Lipinski definition) is 1. The molecule has 1 aliphatic carbocycles. The number of aliphatic hydroxyl groups excluding tert-OH is 1. The van der Waals surface area contributed by atoms with Crippen LogP contribution in [0.3, 0.4) is 0 Å². The average molecular weight is 276 g/mol. The molecule has 1 saturated heterocycles. The summed E-state index contributed by atoms with van der Waals surface area (Å²) in [5, 5.41) is 10.0. The van der Waals surface area contributed by atoms with Crippen LogP contribution in [0.4, 0.5) is 5.69 Å². The first-order chi connectivity index (χ1) is 9.78. The van der Waals surface area contributed by atoms with Crippen LogP contribution in [0.1, 0.15) is 19.3 Å². The monoisotopic (exact) mass is 276 g/mol. The molecule has 1 N–H and O–H groups in total. The van der Waals surface area contributed by atoms with Gasteiger partial charge in [-0.25, -0.2) is 0 Å². The van der Waals surface area contributed by atoms with Crippen molar-refractivity contribution >= 4 is 5.69 Å². The van der Waals surface area contributed by atoms with Crippen LogP contribution in [-0.4, -0.2) is 55.4 Å². The Balaban J connectivity index is 1.57. The molecule has 0 amide bonds. The molecule has 1 aliphatic heterocycles. The van der Waals surface area contributed by atoms with Gasteiger partial charge in [0.15, 0.2) is 0 Å². The van der Waals surface area contributed by atoms with E-state index in [1.165, 1.54) is 12.1 Å². The summed E-state index contributed by atoms with van der Waals surface area (Å²) in [7, 11) is 1.70. The maximum Gasteiger partial charge on any atom is 0.119 e. The third-order valence-corrected chi connectivity index (χ3v) is 4.66. The van der Waals surface area contributed by atoms with Crippen molar-refractivity contribution in [2.75, 3.05) is 38.2 Å². The highest BCUT2D eigenvalue weighted by Gasteiger charge is 2.32. The van der Waals surface area contributed by atoms with Crippen LogP contribution in [0.25, 0.3) is 0 Å². The summed E-state index contributed by atoms with van der Waals surface area (Å²) < 4.78 is 5.20. The molecule has 2 fully saturated rings. The van der Waals surface area contributed by atoms with Crippen LogP contribution in [0.5, 0.6) is 5.75 Å². The van der Waals surface area contributed by atoms with E-state index in [1.807, 2.05) is 12.1 Å². The smallest absolute Gasteiger partial charge is 0.119 e. The van der Waals surface area contributed by atoms with E-state index in [-0.39, 0.29) is 6.10 Å². The third kappa shape index (κ3) is 2.76. The van der Waals surface area contributed by atoms with E-state index >= 15 is 0 Å². The molecule has 2 aliphatic rings. The lowest BCUT2D eigenvalue weighted by Crippen LogP contribution is -2.52. The lowest BCUT2D eigenvalue weighted by molar-refractivity contribution is 0.0671. The molecule has 0 radical (unpaired) electrons. The minimum absolute atomic E-state index is 0.109. The van der Waals surface area contributed by atoms with Gasteiger partial charge in [-0.1, -0.05) is 0 Å². The van der Waals surface area contributed by atoms with E-state index in [2.05, 4.69) is 21.9 Å². The molecule has 20 heavy (non-hydrogen) atoms. The van der Waals surface area contributed by atoms with Crippen molar-refractivity contribution in [1.29, 1.82) is 0 Å². The van der Waals surface area contributed by atoms with Gasteiger partial charge >= 0.3 is 0 Å². The number of aliphatic hydroxyl groups is 1. The van der Waals surface area contributed by atoms with Crippen molar-refractivity contribution in [3.63, 3.8) is 0 Å². The fraction of sp³-hybridized carbons (Fsp3) is 0.625. The van der Waals surface area contributed by atoms with Gasteiger partial charge in [0.1, 0.15) is 5.75 Å². The van der Waals surface area contributed by atoms with Crippen molar-refractivity contribution in [3.8, 4) is 5.75 Å². The van der Waals surface area contributed by atoms with Crippen molar-refractivity contribution in [3.05, 3.63) is 24.3 Å². The predicted molar refractivity (Wildman–Crippen MR) is 80.4 cm³/mol. The first kappa shape index (κ1) is 13.7. The van der Waals surface area contributed by atoms with Gasteiger partial charge in [-0.05, 0) is 43.5 Å². The van der Waals surface area contributed by atoms with Crippen molar-refractivity contribution in [2.45, 2.75) is 31.4 Å². The number of benzene rings is 1. The highest BCUT2D eigenvalue weighted by atomic mass is 16.5. The molecule has 4 heteroatoms. The number of hydrogen-bond acceptors (Lipinski definition) is 4. The average Bonchev–Trinajstić information content (AvgIpc) is 2.94. The zero-order chi connectivity index (χ0) is 13.9. The molecule has 0 bridgehead atoms. The van der Waals surface area contributed by atoms with Crippen molar-refractivity contribution in [2.24, 2.45) is 0 Å². The first-order valence-corrected chi connectivity index (χ1v) is 7.59. The topological polar surface area (TPSA) is 35.9 Å². The van der Waals surface area contributed by atoms with E-state index in [0.717, 1.165) is 44.8 Å². The summed E-state index contributed by atoms with van der Waals surface area (Å²) in [6, 6.07) is 8.68. The molecule has 0 spiro atoms. The van der Waals surface area contributed by atoms with Crippen LogP contribution in [0.2, 0.25) is 0 Å². The molecule has 1 aromatic carbocycles. The number of methoxy groups -OCH3 is 1. The maximum atomic E-state index is 10.0. The van der Waals surface area contributed by atoms with Crippen LogP contribution >= 0.6 is 0 Å². The van der Waals surface area contributed by atoms with Crippen LogP contribution in [0, 0.1) is 0 Å². The zero-order valence-electron chi connectivity index (χ0n) is 12.2. The molecule has 110 valence electrons. The van der Waals surface area contributed by atoms with Gasteiger partial charge in [0.05, 0.1) is 13.2 Å². The molecule has 1 heterocycles. The van der Waals surface area contributed by atoms with Gasteiger partial charge in [0, 0.05) is 37.9 Å². The fourth-order valence-corrected chi connectivity index (χ4v) is 3.45. The highest BCUT2D eigenvalue weighted by Crippen LogP contribution is 2.26. The number of anilines is 1. The zero-order valence-corrected chi connectivity index (χ0v) is 12.2. The maximum absolute atomic E-state index is 10.0. The summed E-state index contributed by atoms with van der Waals surface area (Å²) in [6.07, 6.45) is 3.19. The van der Waals surface area contributed by atoms with Gasteiger partial charge in [-0.2, -0.15) is 0 Å². The summed E-state index contributed by atoms with van der Waals surface area (Å²) in [5.41, 5.74) is 1.26. The molecule has 3 rings (SSSR count). The Morgan fingerprint density at radius 1 is 1.05 bits per heavy atom. The predicted octanol–water partition coefficient (Wildman–Crippen LogP) is 1.73. The second-order valence-electron chi connectivity index (χ2n) is 5.79. The van der Waals surface area contributed by atoms with Crippen LogP contribution < -0.4 is 9.64 Å². The Morgan fingerprint density at radius 3 is 2.30 bits per heavy atom. The van der Waals surface area contributed by atoms with Crippen LogP contribution in [-0.2, 0) is 0 Å². The summed E-state index contributed by atoms with van der Waals surface area (Å²) in [4.78, 5) is 4.88. The summed E-state index contributed by atoms with van der Waals surface area (Å²) in [5.74, 6) is 0.904. The molecular formula is C16H24N2O2. The Kier molecular flexibility index (Phi) is 4.13. The largest absolute Gasteiger partial charge is 0.497 e. The van der Waals surface area contributed by atoms with Gasteiger partial charge in [-0.3, -0.25) is 4.90 Å². The molecule has 1 aromatic rings. The quantitative estimate of drug-likeness (QED) is 0.912. The first-order valence-electron chi connectivity index (χ1n) is 7.59. The van der Waals surface area contributed by atoms with E-state index in [4.69, 9.17) is 4.74 Å². The van der Waals surface area contributed by atoms with Crippen molar-refractivity contribution in [1.82, 2.24) is 4.90 Å². The third-order valence-electron chi connectivity index (χ3n) is 4.66. The minimum Gasteiger partial charge on any atom is -0.497 e.